The first-order valence-electron chi connectivity index (χ1n) is 8.64. The van der Waals surface area contributed by atoms with Crippen LogP contribution in [0, 0.1) is 5.92 Å². The van der Waals surface area contributed by atoms with Crippen LogP contribution in [0.3, 0.4) is 0 Å². The van der Waals surface area contributed by atoms with Crippen LogP contribution >= 0.6 is 23.1 Å². The summed E-state index contributed by atoms with van der Waals surface area (Å²) in [5, 5.41) is 1.29. The molecule has 0 aromatic carbocycles. The Labute approximate surface area is 159 Å². The number of thioether (sulfide) groups is 1. The van der Waals surface area contributed by atoms with Crippen molar-refractivity contribution in [2.45, 2.75) is 51.7 Å². The Balaban J connectivity index is 1.90. The molecule has 0 bridgehead atoms. The van der Waals surface area contributed by atoms with E-state index < -0.39 is 0 Å². The first-order valence-corrected chi connectivity index (χ1v) is 10.4. The van der Waals surface area contributed by atoms with Gasteiger partial charge in [-0.05, 0) is 37.7 Å². The minimum absolute atomic E-state index is 0.0191. The number of aryl methyl sites for hydroxylation is 1. The fourth-order valence-corrected chi connectivity index (χ4v) is 5.40. The van der Waals surface area contributed by atoms with Crippen molar-refractivity contribution in [2.24, 2.45) is 5.92 Å². The van der Waals surface area contributed by atoms with Crippen molar-refractivity contribution in [2.75, 3.05) is 5.75 Å². The summed E-state index contributed by atoms with van der Waals surface area (Å²) in [6.07, 6.45) is 3.04. The van der Waals surface area contributed by atoms with E-state index in [1.54, 1.807) is 15.9 Å². The third-order valence-corrected chi connectivity index (χ3v) is 6.53. The van der Waals surface area contributed by atoms with E-state index in [4.69, 9.17) is 0 Å². The Bertz CT molecular complexity index is 919. The highest BCUT2D eigenvalue weighted by Gasteiger charge is 2.24. The van der Waals surface area contributed by atoms with Gasteiger partial charge in [0, 0.05) is 18.3 Å². The second-order valence-corrected chi connectivity index (χ2v) is 8.52. The molecule has 0 saturated heterocycles. The smallest absolute Gasteiger partial charge is 0.263 e. The number of hydrogen-bond donors (Lipinski definition) is 2. The molecule has 3 rings (SSSR count). The van der Waals surface area contributed by atoms with Crippen molar-refractivity contribution < 1.29 is 9.59 Å². The Morgan fingerprint density at radius 2 is 2.15 bits per heavy atom. The zero-order chi connectivity index (χ0) is 18.8. The lowest BCUT2D eigenvalue weighted by Crippen LogP contribution is -2.41. The van der Waals surface area contributed by atoms with Crippen LogP contribution in [-0.4, -0.2) is 27.1 Å². The number of hydrazine groups is 1. The van der Waals surface area contributed by atoms with Crippen molar-refractivity contribution in [3.05, 3.63) is 20.8 Å². The van der Waals surface area contributed by atoms with Gasteiger partial charge in [-0.1, -0.05) is 18.7 Å². The fourth-order valence-electron chi connectivity index (χ4n) is 3.12. The van der Waals surface area contributed by atoms with Crippen molar-refractivity contribution in [3.8, 4) is 0 Å². The number of hydrogen-bond acceptors (Lipinski definition) is 6. The molecule has 9 heteroatoms. The van der Waals surface area contributed by atoms with E-state index in [2.05, 4.69) is 22.8 Å². The maximum absolute atomic E-state index is 13.0. The summed E-state index contributed by atoms with van der Waals surface area (Å²) < 4.78 is 1.63. The molecule has 1 atom stereocenters. The van der Waals surface area contributed by atoms with Gasteiger partial charge in [0.15, 0.2) is 5.16 Å². The normalized spacial score (nSPS) is 16.3. The summed E-state index contributed by atoms with van der Waals surface area (Å²) >= 11 is 2.81. The number of aromatic nitrogens is 2. The third-order valence-electron chi connectivity index (χ3n) is 4.41. The summed E-state index contributed by atoms with van der Waals surface area (Å²) in [6.45, 7) is 5.95. The lowest BCUT2D eigenvalue weighted by Gasteiger charge is -2.17. The first kappa shape index (κ1) is 18.9. The van der Waals surface area contributed by atoms with Gasteiger partial charge in [0.1, 0.15) is 4.83 Å². The van der Waals surface area contributed by atoms with E-state index in [0.717, 1.165) is 29.5 Å². The predicted molar refractivity (Wildman–Crippen MR) is 103 cm³/mol. The Morgan fingerprint density at radius 1 is 1.38 bits per heavy atom. The van der Waals surface area contributed by atoms with Crippen LogP contribution in [-0.2, 0) is 29.0 Å². The molecule has 2 amide bonds. The second kappa shape index (κ2) is 7.79. The number of nitrogens with one attached hydrogen (secondary N) is 2. The number of carbonyl (C=O) groups excluding carboxylic acids is 2. The lowest BCUT2D eigenvalue weighted by molar-refractivity contribution is -0.126. The molecule has 2 heterocycles. The van der Waals surface area contributed by atoms with Crippen LogP contribution < -0.4 is 16.4 Å². The highest BCUT2D eigenvalue weighted by atomic mass is 32.2. The summed E-state index contributed by atoms with van der Waals surface area (Å²) in [7, 11) is 0. The molecular weight excluding hydrogens is 372 g/mol. The summed E-state index contributed by atoms with van der Waals surface area (Å²) in [5.41, 5.74) is 5.71. The topological polar surface area (TPSA) is 93.1 Å². The van der Waals surface area contributed by atoms with Gasteiger partial charge >= 0.3 is 0 Å². The Kier molecular flexibility index (Phi) is 5.67. The van der Waals surface area contributed by atoms with Crippen LogP contribution in [0.15, 0.2) is 9.95 Å². The van der Waals surface area contributed by atoms with E-state index >= 15 is 0 Å². The molecule has 1 aliphatic rings. The molecule has 2 aromatic heterocycles. The quantitative estimate of drug-likeness (QED) is 0.469. The maximum Gasteiger partial charge on any atom is 0.263 e. The van der Waals surface area contributed by atoms with Gasteiger partial charge in [-0.3, -0.25) is 29.8 Å². The van der Waals surface area contributed by atoms with Crippen LogP contribution in [0.1, 0.15) is 37.6 Å². The molecular formula is C17H22N4O3S2. The van der Waals surface area contributed by atoms with Crippen molar-refractivity contribution >= 4 is 45.1 Å². The van der Waals surface area contributed by atoms with Gasteiger partial charge < -0.3 is 0 Å². The average molecular weight is 395 g/mol. The van der Waals surface area contributed by atoms with Crippen molar-refractivity contribution in [1.29, 1.82) is 0 Å². The van der Waals surface area contributed by atoms with Crippen LogP contribution in [0.25, 0.3) is 10.2 Å². The number of carbonyl (C=O) groups is 2. The molecule has 7 nitrogen and oxygen atoms in total. The van der Waals surface area contributed by atoms with Gasteiger partial charge in [-0.15, -0.1) is 11.3 Å². The minimum Gasteiger partial charge on any atom is -0.287 e. The molecule has 140 valence electrons. The SMILES string of the molecule is CCn1c(SCC(=O)NNC(C)=O)nc2sc3c(c2c1=O)CC[C@H](C)C3. The summed E-state index contributed by atoms with van der Waals surface area (Å²) in [5.74, 6) is 0.0175. The molecule has 0 radical (unpaired) electrons. The molecule has 0 unspecified atom stereocenters. The summed E-state index contributed by atoms with van der Waals surface area (Å²) in [6, 6.07) is 0. The number of nitrogens with zero attached hydrogens (tertiary/aromatic N) is 2. The second-order valence-electron chi connectivity index (χ2n) is 6.49. The van der Waals surface area contributed by atoms with E-state index in [1.807, 2.05) is 6.92 Å². The Morgan fingerprint density at radius 3 is 2.85 bits per heavy atom. The van der Waals surface area contributed by atoms with Gasteiger partial charge in [0.2, 0.25) is 11.8 Å². The van der Waals surface area contributed by atoms with Gasteiger partial charge in [0.05, 0.1) is 11.1 Å². The molecule has 0 aliphatic heterocycles. The van der Waals surface area contributed by atoms with Crippen LogP contribution in [0.2, 0.25) is 0 Å². The molecule has 1 aliphatic carbocycles. The molecule has 0 spiro atoms. The number of thiophene rings is 1. The molecule has 2 N–H and O–H groups in total. The predicted octanol–water partition coefficient (Wildman–Crippen LogP) is 1.86. The maximum atomic E-state index is 13.0. The number of fused-ring (bicyclic) bond motifs is 3. The largest absolute Gasteiger partial charge is 0.287 e. The standard InChI is InChI=1S/C17H22N4O3S2/c1-4-21-16(24)14-11-6-5-9(2)7-12(11)26-15(14)18-17(21)25-8-13(23)20-19-10(3)22/h9H,4-8H2,1-3H3,(H,19,22)(H,20,23)/t9-/m0/s1. The molecule has 26 heavy (non-hydrogen) atoms. The van der Waals surface area contributed by atoms with Gasteiger partial charge in [-0.2, -0.15) is 0 Å². The summed E-state index contributed by atoms with van der Waals surface area (Å²) in [4.78, 5) is 42.4. The van der Waals surface area contributed by atoms with Crippen LogP contribution in [0.4, 0.5) is 0 Å². The minimum atomic E-state index is -0.346. The lowest BCUT2D eigenvalue weighted by atomic mass is 9.89. The number of amides is 2. The van der Waals surface area contributed by atoms with Gasteiger partial charge in [-0.25, -0.2) is 4.98 Å². The highest BCUT2D eigenvalue weighted by Crippen LogP contribution is 2.36. The average Bonchev–Trinajstić information content (AvgIpc) is 2.95. The van der Waals surface area contributed by atoms with Crippen LogP contribution in [0.5, 0.6) is 0 Å². The van der Waals surface area contributed by atoms with E-state index in [-0.39, 0.29) is 23.1 Å². The zero-order valence-corrected chi connectivity index (χ0v) is 16.7. The number of rotatable bonds is 4. The van der Waals surface area contributed by atoms with Gasteiger partial charge in [0.25, 0.3) is 5.56 Å². The van der Waals surface area contributed by atoms with Crippen molar-refractivity contribution in [3.63, 3.8) is 0 Å². The molecule has 2 aromatic rings. The van der Waals surface area contributed by atoms with E-state index in [0.29, 0.717) is 17.6 Å². The monoisotopic (exact) mass is 394 g/mol. The first-order chi connectivity index (χ1) is 12.4. The fraction of sp³-hybridized carbons (Fsp3) is 0.529. The highest BCUT2D eigenvalue weighted by molar-refractivity contribution is 7.99. The van der Waals surface area contributed by atoms with Crippen molar-refractivity contribution in [1.82, 2.24) is 20.4 Å². The van der Waals surface area contributed by atoms with E-state index in [9.17, 15) is 14.4 Å². The Hall–Kier alpha value is -1.87. The van der Waals surface area contributed by atoms with E-state index in [1.165, 1.54) is 29.1 Å². The third kappa shape index (κ3) is 3.78. The zero-order valence-electron chi connectivity index (χ0n) is 15.0. The molecule has 0 fully saturated rings. The molecule has 0 saturated carbocycles.